The van der Waals surface area contributed by atoms with Crippen LogP contribution >= 0.6 is 0 Å². The van der Waals surface area contributed by atoms with E-state index < -0.39 is 0 Å². The molecule has 1 aromatic rings. The zero-order valence-corrected chi connectivity index (χ0v) is 8.50. The Kier molecular flexibility index (Phi) is 4.04. The van der Waals surface area contributed by atoms with Gasteiger partial charge in [-0.15, -0.1) is 0 Å². The second kappa shape index (κ2) is 5.08. The van der Waals surface area contributed by atoms with Crippen LogP contribution < -0.4 is 5.32 Å². The molecule has 2 unspecified atom stereocenters. The summed E-state index contributed by atoms with van der Waals surface area (Å²) in [6.07, 6.45) is 0. The van der Waals surface area contributed by atoms with Crippen molar-refractivity contribution in [2.45, 2.75) is 25.9 Å². The Morgan fingerprint density at radius 3 is 2.57 bits per heavy atom. The molecule has 0 saturated heterocycles. The fraction of sp³-hybridized carbons (Fsp3) is 0.455. The van der Waals surface area contributed by atoms with Gasteiger partial charge in [0.15, 0.2) is 0 Å². The van der Waals surface area contributed by atoms with E-state index in [9.17, 15) is 4.39 Å². The largest absolute Gasteiger partial charge is 0.395 e. The van der Waals surface area contributed by atoms with Gasteiger partial charge < -0.3 is 10.4 Å². The van der Waals surface area contributed by atoms with Crippen molar-refractivity contribution in [2.24, 2.45) is 0 Å². The summed E-state index contributed by atoms with van der Waals surface area (Å²) in [5.74, 6) is -0.211. The van der Waals surface area contributed by atoms with Crippen molar-refractivity contribution in [1.29, 1.82) is 0 Å². The Morgan fingerprint density at radius 2 is 2.00 bits per heavy atom. The van der Waals surface area contributed by atoms with E-state index in [1.165, 1.54) is 6.07 Å². The number of rotatable bonds is 4. The zero-order chi connectivity index (χ0) is 10.6. The van der Waals surface area contributed by atoms with Gasteiger partial charge in [-0.25, -0.2) is 4.39 Å². The first-order valence-electron chi connectivity index (χ1n) is 4.76. The first-order chi connectivity index (χ1) is 6.65. The molecule has 0 saturated carbocycles. The van der Waals surface area contributed by atoms with Crippen molar-refractivity contribution in [2.75, 3.05) is 6.61 Å². The van der Waals surface area contributed by atoms with Gasteiger partial charge in [0.2, 0.25) is 0 Å². The molecule has 0 spiro atoms. The molecule has 2 nitrogen and oxygen atoms in total. The van der Waals surface area contributed by atoms with Gasteiger partial charge in [-0.2, -0.15) is 0 Å². The summed E-state index contributed by atoms with van der Waals surface area (Å²) in [7, 11) is 0. The number of nitrogens with one attached hydrogen (secondary N) is 1. The number of aliphatic hydroxyl groups excluding tert-OH is 1. The molecule has 0 fully saturated rings. The molecule has 0 aliphatic rings. The van der Waals surface area contributed by atoms with Gasteiger partial charge in [0.25, 0.3) is 0 Å². The van der Waals surface area contributed by atoms with E-state index in [1.54, 1.807) is 18.2 Å². The van der Waals surface area contributed by atoms with Gasteiger partial charge in [-0.1, -0.05) is 18.2 Å². The smallest absolute Gasteiger partial charge is 0.127 e. The minimum atomic E-state index is -0.211. The quantitative estimate of drug-likeness (QED) is 0.772. The van der Waals surface area contributed by atoms with E-state index in [0.717, 1.165) is 0 Å². The normalized spacial score (nSPS) is 15.1. The summed E-state index contributed by atoms with van der Waals surface area (Å²) in [6.45, 7) is 3.79. The standard InChI is InChI=1S/C11H16FNO/c1-8(7-14)13-9(2)10-5-3-4-6-11(10)12/h3-6,8-9,13-14H,7H2,1-2H3. The molecule has 0 radical (unpaired) electrons. The number of hydrogen-bond acceptors (Lipinski definition) is 2. The Labute approximate surface area is 83.8 Å². The third-order valence-electron chi connectivity index (χ3n) is 2.18. The van der Waals surface area contributed by atoms with E-state index in [1.807, 2.05) is 13.8 Å². The van der Waals surface area contributed by atoms with Crippen molar-refractivity contribution < 1.29 is 9.50 Å². The highest BCUT2D eigenvalue weighted by atomic mass is 19.1. The van der Waals surface area contributed by atoms with Gasteiger partial charge in [0, 0.05) is 17.6 Å². The first kappa shape index (κ1) is 11.1. The van der Waals surface area contributed by atoms with Crippen LogP contribution in [0.4, 0.5) is 4.39 Å². The first-order valence-corrected chi connectivity index (χ1v) is 4.76. The molecule has 0 aliphatic heterocycles. The number of aliphatic hydroxyl groups is 1. The van der Waals surface area contributed by atoms with Crippen molar-refractivity contribution in [3.05, 3.63) is 35.6 Å². The summed E-state index contributed by atoms with van der Waals surface area (Å²) >= 11 is 0. The fourth-order valence-electron chi connectivity index (χ4n) is 1.40. The van der Waals surface area contributed by atoms with Crippen LogP contribution in [0.1, 0.15) is 25.5 Å². The third-order valence-corrected chi connectivity index (χ3v) is 2.18. The highest BCUT2D eigenvalue weighted by Gasteiger charge is 2.11. The molecular formula is C11H16FNO. The zero-order valence-electron chi connectivity index (χ0n) is 8.50. The molecule has 14 heavy (non-hydrogen) atoms. The van der Waals surface area contributed by atoms with Gasteiger partial charge in [-0.05, 0) is 19.9 Å². The number of halogens is 1. The van der Waals surface area contributed by atoms with Gasteiger partial charge >= 0.3 is 0 Å². The van der Waals surface area contributed by atoms with Gasteiger partial charge in [-0.3, -0.25) is 0 Å². The molecular weight excluding hydrogens is 181 g/mol. The Morgan fingerprint density at radius 1 is 1.36 bits per heavy atom. The molecule has 0 heterocycles. The van der Waals surface area contributed by atoms with Crippen LogP contribution in [-0.2, 0) is 0 Å². The summed E-state index contributed by atoms with van der Waals surface area (Å²) in [4.78, 5) is 0. The van der Waals surface area contributed by atoms with Crippen molar-refractivity contribution >= 4 is 0 Å². The predicted molar refractivity (Wildman–Crippen MR) is 54.5 cm³/mol. The molecule has 2 atom stereocenters. The number of hydrogen-bond donors (Lipinski definition) is 2. The van der Waals surface area contributed by atoms with Crippen LogP contribution in [0.3, 0.4) is 0 Å². The van der Waals surface area contributed by atoms with Gasteiger partial charge in [0.05, 0.1) is 6.61 Å². The maximum atomic E-state index is 13.3. The second-order valence-corrected chi connectivity index (χ2v) is 3.49. The van der Waals surface area contributed by atoms with E-state index in [2.05, 4.69) is 5.32 Å². The molecule has 78 valence electrons. The molecule has 1 rings (SSSR count). The lowest BCUT2D eigenvalue weighted by Crippen LogP contribution is -2.32. The van der Waals surface area contributed by atoms with Crippen molar-refractivity contribution in [1.82, 2.24) is 5.32 Å². The summed E-state index contributed by atoms with van der Waals surface area (Å²) in [5.41, 5.74) is 0.632. The lowest BCUT2D eigenvalue weighted by Gasteiger charge is -2.18. The third kappa shape index (κ3) is 2.79. The summed E-state index contributed by atoms with van der Waals surface area (Å²) in [6, 6.07) is 6.55. The maximum Gasteiger partial charge on any atom is 0.127 e. The molecule has 1 aromatic carbocycles. The molecule has 0 amide bonds. The van der Waals surface area contributed by atoms with Crippen LogP contribution in [0.25, 0.3) is 0 Å². The average molecular weight is 197 g/mol. The van der Waals surface area contributed by atoms with Crippen LogP contribution in [0.15, 0.2) is 24.3 Å². The van der Waals surface area contributed by atoms with Crippen molar-refractivity contribution in [3.63, 3.8) is 0 Å². The topological polar surface area (TPSA) is 32.3 Å². The van der Waals surface area contributed by atoms with Crippen molar-refractivity contribution in [3.8, 4) is 0 Å². The second-order valence-electron chi connectivity index (χ2n) is 3.49. The predicted octanol–water partition coefficient (Wildman–Crippen LogP) is 1.86. The lowest BCUT2D eigenvalue weighted by molar-refractivity contribution is 0.242. The number of benzene rings is 1. The monoisotopic (exact) mass is 197 g/mol. The van der Waals surface area contributed by atoms with E-state index in [4.69, 9.17) is 5.11 Å². The lowest BCUT2D eigenvalue weighted by atomic mass is 10.1. The van der Waals surface area contributed by atoms with Crippen LogP contribution in [0, 0.1) is 5.82 Å². The van der Waals surface area contributed by atoms with E-state index in [0.29, 0.717) is 5.56 Å². The maximum absolute atomic E-state index is 13.3. The Bertz CT molecular complexity index is 290. The van der Waals surface area contributed by atoms with Crippen LogP contribution in [0.5, 0.6) is 0 Å². The Balaban J connectivity index is 2.69. The summed E-state index contributed by atoms with van der Waals surface area (Å²) < 4.78 is 13.3. The SMILES string of the molecule is CC(CO)NC(C)c1ccccc1F. The molecule has 0 bridgehead atoms. The molecule has 3 heteroatoms. The minimum Gasteiger partial charge on any atom is -0.395 e. The van der Waals surface area contributed by atoms with Crippen LogP contribution in [-0.4, -0.2) is 17.8 Å². The van der Waals surface area contributed by atoms with Gasteiger partial charge in [0.1, 0.15) is 5.82 Å². The fourth-order valence-corrected chi connectivity index (χ4v) is 1.40. The average Bonchev–Trinajstić information content (AvgIpc) is 2.18. The molecule has 0 aromatic heterocycles. The highest BCUT2D eigenvalue weighted by Crippen LogP contribution is 2.16. The summed E-state index contributed by atoms with van der Waals surface area (Å²) in [5, 5.41) is 11.9. The molecule has 2 N–H and O–H groups in total. The van der Waals surface area contributed by atoms with E-state index in [-0.39, 0.29) is 24.5 Å². The van der Waals surface area contributed by atoms with Crippen LogP contribution in [0.2, 0.25) is 0 Å². The molecule has 0 aliphatic carbocycles. The minimum absolute atomic E-state index is 0.0235. The van der Waals surface area contributed by atoms with E-state index >= 15 is 0 Å². The highest BCUT2D eigenvalue weighted by molar-refractivity contribution is 5.20. The Hall–Kier alpha value is -0.930.